The highest BCUT2D eigenvalue weighted by Crippen LogP contribution is 2.12. The van der Waals surface area contributed by atoms with E-state index in [1.807, 2.05) is 12.1 Å². The van der Waals surface area contributed by atoms with Crippen molar-refractivity contribution < 1.29 is 4.39 Å². The van der Waals surface area contributed by atoms with Crippen LogP contribution in [0.1, 0.15) is 37.3 Å². The Labute approximate surface area is 84.2 Å². The van der Waals surface area contributed by atoms with E-state index in [1.165, 1.54) is 18.9 Å². The molecular formula is C12H14FN. The predicted molar refractivity (Wildman–Crippen MR) is 54.3 cm³/mol. The van der Waals surface area contributed by atoms with Gasteiger partial charge in [0.2, 0.25) is 0 Å². The molecule has 2 heteroatoms. The van der Waals surface area contributed by atoms with Gasteiger partial charge in [0.25, 0.3) is 0 Å². The molecule has 0 aliphatic heterocycles. The molecule has 1 aromatic carbocycles. The van der Waals surface area contributed by atoms with E-state index >= 15 is 0 Å². The highest BCUT2D eigenvalue weighted by atomic mass is 19.1. The van der Waals surface area contributed by atoms with Gasteiger partial charge in [-0.15, -0.1) is 0 Å². The van der Waals surface area contributed by atoms with Gasteiger partial charge < -0.3 is 0 Å². The summed E-state index contributed by atoms with van der Waals surface area (Å²) in [6, 6.07) is 6.66. The molecule has 1 nitrogen and oxygen atoms in total. The lowest BCUT2D eigenvalue weighted by molar-refractivity contribution is 0.619. The molecule has 0 amide bonds. The SMILES string of the molecule is CCCCCc1ccc(C#N)c(F)c1. The Kier molecular flexibility index (Phi) is 4.12. The fourth-order valence-electron chi connectivity index (χ4n) is 1.38. The summed E-state index contributed by atoms with van der Waals surface area (Å²) in [5, 5.41) is 8.53. The second kappa shape index (κ2) is 5.39. The third-order valence-corrected chi connectivity index (χ3v) is 2.22. The second-order valence-electron chi connectivity index (χ2n) is 3.38. The minimum atomic E-state index is -0.401. The minimum absolute atomic E-state index is 0.129. The van der Waals surface area contributed by atoms with Crippen LogP contribution in [0, 0.1) is 17.1 Å². The Morgan fingerprint density at radius 3 is 2.71 bits per heavy atom. The summed E-state index contributed by atoms with van der Waals surface area (Å²) in [4.78, 5) is 0. The Morgan fingerprint density at radius 2 is 2.14 bits per heavy atom. The monoisotopic (exact) mass is 191 g/mol. The first-order valence-electron chi connectivity index (χ1n) is 4.96. The van der Waals surface area contributed by atoms with Crippen LogP contribution in [0.25, 0.3) is 0 Å². The van der Waals surface area contributed by atoms with E-state index in [0.717, 1.165) is 18.4 Å². The molecule has 0 saturated carbocycles. The molecule has 74 valence electrons. The molecule has 0 atom stereocenters. The Hall–Kier alpha value is -1.36. The zero-order chi connectivity index (χ0) is 10.4. The van der Waals surface area contributed by atoms with Gasteiger partial charge >= 0.3 is 0 Å². The molecular weight excluding hydrogens is 177 g/mol. The van der Waals surface area contributed by atoms with Gasteiger partial charge in [-0.05, 0) is 30.5 Å². The van der Waals surface area contributed by atoms with E-state index in [9.17, 15) is 4.39 Å². The summed E-state index contributed by atoms with van der Waals surface area (Å²) in [6.45, 7) is 2.14. The van der Waals surface area contributed by atoms with E-state index in [-0.39, 0.29) is 5.56 Å². The Balaban J connectivity index is 2.63. The number of rotatable bonds is 4. The van der Waals surface area contributed by atoms with Gasteiger partial charge in [0.1, 0.15) is 11.9 Å². The van der Waals surface area contributed by atoms with Gasteiger partial charge in [-0.1, -0.05) is 25.8 Å². The number of unbranched alkanes of at least 4 members (excludes halogenated alkanes) is 2. The highest BCUT2D eigenvalue weighted by Gasteiger charge is 2.01. The number of hydrogen-bond acceptors (Lipinski definition) is 1. The summed E-state index contributed by atoms with van der Waals surface area (Å²) in [7, 11) is 0. The standard InChI is InChI=1S/C12H14FN/c1-2-3-4-5-10-6-7-11(9-14)12(13)8-10/h6-8H,2-5H2,1H3. The lowest BCUT2D eigenvalue weighted by Gasteiger charge is -2.01. The molecule has 1 rings (SSSR count). The lowest BCUT2D eigenvalue weighted by atomic mass is 10.1. The van der Waals surface area contributed by atoms with E-state index in [0.29, 0.717) is 0 Å². The number of nitriles is 1. The summed E-state index contributed by atoms with van der Waals surface area (Å²) >= 11 is 0. The van der Waals surface area contributed by atoms with Crippen LogP contribution in [-0.2, 0) is 6.42 Å². The molecule has 0 N–H and O–H groups in total. The molecule has 0 aliphatic rings. The average molecular weight is 191 g/mol. The van der Waals surface area contributed by atoms with Crippen molar-refractivity contribution in [2.45, 2.75) is 32.6 Å². The van der Waals surface area contributed by atoms with Gasteiger partial charge in [-0.3, -0.25) is 0 Å². The smallest absolute Gasteiger partial charge is 0.141 e. The van der Waals surface area contributed by atoms with E-state index in [2.05, 4.69) is 6.92 Å². The first-order valence-corrected chi connectivity index (χ1v) is 4.96. The van der Waals surface area contributed by atoms with Crippen molar-refractivity contribution in [3.8, 4) is 6.07 Å². The van der Waals surface area contributed by atoms with Crippen LogP contribution in [-0.4, -0.2) is 0 Å². The van der Waals surface area contributed by atoms with Crippen LogP contribution in [0.2, 0.25) is 0 Å². The maximum Gasteiger partial charge on any atom is 0.141 e. The lowest BCUT2D eigenvalue weighted by Crippen LogP contribution is -1.89. The van der Waals surface area contributed by atoms with Gasteiger partial charge in [-0.25, -0.2) is 4.39 Å². The highest BCUT2D eigenvalue weighted by molar-refractivity contribution is 5.33. The number of aryl methyl sites for hydroxylation is 1. The van der Waals surface area contributed by atoms with Gasteiger partial charge in [-0.2, -0.15) is 5.26 Å². The fraction of sp³-hybridized carbons (Fsp3) is 0.417. The number of benzene rings is 1. The topological polar surface area (TPSA) is 23.8 Å². The van der Waals surface area contributed by atoms with Gasteiger partial charge in [0.15, 0.2) is 0 Å². The third-order valence-electron chi connectivity index (χ3n) is 2.22. The van der Waals surface area contributed by atoms with Gasteiger partial charge in [0, 0.05) is 0 Å². The summed E-state index contributed by atoms with van der Waals surface area (Å²) in [6.07, 6.45) is 4.32. The first kappa shape index (κ1) is 10.7. The molecule has 0 bridgehead atoms. The molecule has 0 spiro atoms. The second-order valence-corrected chi connectivity index (χ2v) is 3.38. The number of hydrogen-bond donors (Lipinski definition) is 0. The van der Waals surface area contributed by atoms with Gasteiger partial charge in [0.05, 0.1) is 5.56 Å². The average Bonchev–Trinajstić information content (AvgIpc) is 2.18. The third kappa shape index (κ3) is 2.85. The van der Waals surface area contributed by atoms with E-state index in [1.54, 1.807) is 6.07 Å². The molecule has 0 heterocycles. The zero-order valence-corrected chi connectivity index (χ0v) is 8.39. The van der Waals surface area contributed by atoms with Crippen LogP contribution >= 0.6 is 0 Å². The molecule has 0 radical (unpaired) electrons. The van der Waals surface area contributed by atoms with Crippen molar-refractivity contribution in [1.29, 1.82) is 5.26 Å². The molecule has 0 fully saturated rings. The van der Waals surface area contributed by atoms with Crippen molar-refractivity contribution in [3.05, 3.63) is 35.1 Å². The Bertz CT molecular complexity index is 339. The summed E-state index contributed by atoms with van der Waals surface area (Å²) in [5.74, 6) is -0.401. The largest absolute Gasteiger partial charge is 0.206 e. The quantitative estimate of drug-likeness (QED) is 0.669. The maximum absolute atomic E-state index is 13.1. The van der Waals surface area contributed by atoms with Crippen molar-refractivity contribution in [3.63, 3.8) is 0 Å². The van der Waals surface area contributed by atoms with Crippen LogP contribution in [0.4, 0.5) is 4.39 Å². The number of halogens is 1. The van der Waals surface area contributed by atoms with E-state index in [4.69, 9.17) is 5.26 Å². The van der Waals surface area contributed by atoms with Crippen LogP contribution < -0.4 is 0 Å². The summed E-state index contributed by atoms with van der Waals surface area (Å²) < 4.78 is 13.1. The fourth-order valence-corrected chi connectivity index (χ4v) is 1.38. The van der Waals surface area contributed by atoms with Crippen LogP contribution in [0.3, 0.4) is 0 Å². The Morgan fingerprint density at radius 1 is 1.36 bits per heavy atom. The van der Waals surface area contributed by atoms with Crippen LogP contribution in [0.15, 0.2) is 18.2 Å². The maximum atomic E-state index is 13.1. The van der Waals surface area contributed by atoms with Crippen molar-refractivity contribution >= 4 is 0 Å². The van der Waals surface area contributed by atoms with Crippen molar-refractivity contribution in [2.75, 3.05) is 0 Å². The molecule has 0 aliphatic carbocycles. The predicted octanol–water partition coefficient (Wildman–Crippen LogP) is 3.43. The van der Waals surface area contributed by atoms with E-state index < -0.39 is 5.82 Å². The van der Waals surface area contributed by atoms with Crippen LogP contribution in [0.5, 0.6) is 0 Å². The number of nitrogens with zero attached hydrogens (tertiary/aromatic N) is 1. The molecule has 1 aromatic rings. The summed E-state index contributed by atoms with van der Waals surface area (Å²) in [5.41, 5.74) is 1.11. The normalized spacial score (nSPS) is 9.79. The molecule has 0 unspecified atom stereocenters. The van der Waals surface area contributed by atoms with Crippen molar-refractivity contribution in [2.24, 2.45) is 0 Å². The molecule has 0 saturated heterocycles. The minimum Gasteiger partial charge on any atom is -0.206 e. The molecule has 0 aromatic heterocycles. The van der Waals surface area contributed by atoms with Crippen molar-refractivity contribution in [1.82, 2.24) is 0 Å². The molecule has 14 heavy (non-hydrogen) atoms. The zero-order valence-electron chi connectivity index (χ0n) is 8.39. The first-order chi connectivity index (χ1) is 6.77.